The van der Waals surface area contributed by atoms with Crippen LogP contribution in [0.4, 0.5) is 0 Å². The van der Waals surface area contributed by atoms with E-state index in [2.05, 4.69) is 25.4 Å². The maximum atomic E-state index is 12.2. The van der Waals surface area contributed by atoms with Crippen LogP contribution in [0.2, 0.25) is 0 Å². The highest BCUT2D eigenvalue weighted by molar-refractivity contribution is 5.93. The molecule has 0 spiro atoms. The van der Waals surface area contributed by atoms with Crippen molar-refractivity contribution in [2.45, 2.75) is 45.1 Å². The molecule has 0 aliphatic heterocycles. The molecular formula is C14H17N5O3. The number of rotatable bonds is 5. The predicted octanol–water partition coefficient (Wildman–Crippen LogP) is 1.08. The Kier molecular flexibility index (Phi) is 3.74. The molecule has 8 nitrogen and oxygen atoms in total. The van der Waals surface area contributed by atoms with Gasteiger partial charge in [-0.05, 0) is 19.8 Å². The molecule has 22 heavy (non-hydrogen) atoms. The first-order valence-electron chi connectivity index (χ1n) is 7.31. The molecule has 1 amide bonds. The highest BCUT2D eigenvalue weighted by Crippen LogP contribution is 2.37. The molecule has 0 saturated heterocycles. The minimum atomic E-state index is -0.514. The molecule has 116 valence electrons. The van der Waals surface area contributed by atoms with Gasteiger partial charge in [-0.3, -0.25) is 9.59 Å². The van der Waals surface area contributed by atoms with E-state index in [1.807, 2.05) is 6.92 Å². The molecule has 3 rings (SSSR count). The topological polar surface area (TPSA) is 114 Å². The van der Waals surface area contributed by atoms with Crippen LogP contribution in [-0.4, -0.2) is 26.0 Å². The first-order valence-corrected chi connectivity index (χ1v) is 7.31. The van der Waals surface area contributed by atoms with Gasteiger partial charge in [-0.25, -0.2) is 4.98 Å². The van der Waals surface area contributed by atoms with Gasteiger partial charge in [0.2, 0.25) is 5.89 Å². The molecule has 2 aromatic heterocycles. The summed E-state index contributed by atoms with van der Waals surface area (Å²) in [5, 5.41) is 6.43. The Labute approximate surface area is 126 Å². The number of hydrogen-bond donors (Lipinski definition) is 2. The Morgan fingerprint density at radius 2 is 2.32 bits per heavy atom. The Hall–Kier alpha value is -2.51. The maximum Gasteiger partial charge on any atom is 0.263 e. The van der Waals surface area contributed by atoms with Gasteiger partial charge in [0.15, 0.2) is 5.82 Å². The fourth-order valence-electron chi connectivity index (χ4n) is 2.06. The summed E-state index contributed by atoms with van der Waals surface area (Å²) in [6, 6.07) is -0.484. The van der Waals surface area contributed by atoms with E-state index in [0.717, 1.165) is 12.8 Å². The number of H-pyrrole nitrogens is 1. The van der Waals surface area contributed by atoms with Crippen molar-refractivity contribution in [3.63, 3.8) is 0 Å². The smallest absolute Gasteiger partial charge is 0.263 e. The largest absolute Gasteiger partial charge is 0.340 e. The lowest BCUT2D eigenvalue weighted by atomic mass is 10.2. The van der Waals surface area contributed by atoms with Gasteiger partial charge in [0.25, 0.3) is 11.5 Å². The molecule has 1 fully saturated rings. The molecule has 2 heterocycles. The van der Waals surface area contributed by atoms with Gasteiger partial charge in [-0.15, -0.1) is 0 Å². The minimum absolute atomic E-state index is 0.0218. The van der Waals surface area contributed by atoms with Crippen molar-refractivity contribution in [3.8, 4) is 0 Å². The van der Waals surface area contributed by atoms with Crippen LogP contribution < -0.4 is 10.9 Å². The third kappa shape index (κ3) is 2.90. The summed E-state index contributed by atoms with van der Waals surface area (Å²) in [5.74, 6) is 1.35. The van der Waals surface area contributed by atoms with Crippen molar-refractivity contribution in [1.82, 2.24) is 25.4 Å². The predicted molar refractivity (Wildman–Crippen MR) is 76.4 cm³/mol. The van der Waals surface area contributed by atoms with Crippen LogP contribution >= 0.6 is 0 Å². The number of carbonyl (C=O) groups excluding carboxylic acids is 1. The molecule has 1 atom stereocenters. The van der Waals surface area contributed by atoms with Crippen molar-refractivity contribution in [1.29, 1.82) is 0 Å². The Balaban J connectivity index is 1.72. The molecule has 0 radical (unpaired) electrons. The van der Waals surface area contributed by atoms with Crippen LogP contribution in [0.5, 0.6) is 0 Å². The van der Waals surface area contributed by atoms with Gasteiger partial charge >= 0.3 is 0 Å². The molecule has 1 aliphatic rings. The molecule has 0 bridgehead atoms. The van der Waals surface area contributed by atoms with E-state index >= 15 is 0 Å². The highest BCUT2D eigenvalue weighted by Gasteiger charge is 2.27. The zero-order valence-corrected chi connectivity index (χ0v) is 12.4. The summed E-state index contributed by atoms with van der Waals surface area (Å²) in [6.07, 6.45) is 4.03. The van der Waals surface area contributed by atoms with E-state index in [-0.39, 0.29) is 5.56 Å². The monoisotopic (exact) mass is 303 g/mol. The van der Waals surface area contributed by atoms with Gasteiger partial charge in [-0.1, -0.05) is 12.1 Å². The van der Waals surface area contributed by atoms with Gasteiger partial charge in [0.05, 0.1) is 0 Å². The second-order valence-electron chi connectivity index (χ2n) is 5.38. The molecule has 1 unspecified atom stereocenters. The van der Waals surface area contributed by atoms with Crippen molar-refractivity contribution >= 4 is 5.91 Å². The third-order valence-electron chi connectivity index (χ3n) is 3.55. The summed E-state index contributed by atoms with van der Waals surface area (Å²) < 4.78 is 5.07. The summed E-state index contributed by atoms with van der Waals surface area (Å²) in [7, 11) is 0. The van der Waals surface area contributed by atoms with E-state index in [1.54, 1.807) is 6.92 Å². The maximum absolute atomic E-state index is 12.2. The normalized spacial score (nSPS) is 15.5. The number of aromatic nitrogens is 4. The lowest BCUT2D eigenvalue weighted by Gasteiger charge is -2.09. The standard InChI is InChI=1S/C14H17N5O3/c1-3-10-17-14(22-19-10)7(2)16-12(20)9-6-15-11(8-4-5-8)18-13(9)21/h6-8H,3-5H2,1-2H3,(H,16,20)(H,15,18,21). The Morgan fingerprint density at radius 3 is 2.91 bits per heavy atom. The van der Waals surface area contributed by atoms with Crippen LogP contribution in [0.15, 0.2) is 15.5 Å². The zero-order valence-electron chi connectivity index (χ0n) is 12.4. The van der Waals surface area contributed by atoms with Crippen molar-refractivity contribution in [2.24, 2.45) is 0 Å². The second kappa shape index (κ2) is 5.70. The van der Waals surface area contributed by atoms with Crippen LogP contribution in [0.3, 0.4) is 0 Å². The first kappa shape index (κ1) is 14.4. The molecule has 2 N–H and O–H groups in total. The van der Waals surface area contributed by atoms with Crippen molar-refractivity contribution in [3.05, 3.63) is 39.7 Å². The third-order valence-corrected chi connectivity index (χ3v) is 3.55. The van der Waals surface area contributed by atoms with Crippen LogP contribution in [0.25, 0.3) is 0 Å². The van der Waals surface area contributed by atoms with E-state index in [9.17, 15) is 9.59 Å². The quantitative estimate of drug-likeness (QED) is 0.854. The SMILES string of the molecule is CCc1noc(C(C)NC(=O)c2cnc(C3CC3)[nH]c2=O)n1. The lowest BCUT2D eigenvalue weighted by Crippen LogP contribution is -2.32. The number of hydrogen-bond acceptors (Lipinski definition) is 6. The van der Waals surface area contributed by atoms with Gasteiger partial charge in [0, 0.05) is 18.5 Å². The molecule has 0 aromatic carbocycles. The second-order valence-corrected chi connectivity index (χ2v) is 5.38. The van der Waals surface area contributed by atoms with E-state index < -0.39 is 17.5 Å². The molecule has 2 aromatic rings. The lowest BCUT2D eigenvalue weighted by molar-refractivity contribution is 0.0930. The Bertz CT molecular complexity index is 747. The number of nitrogens with zero attached hydrogens (tertiary/aromatic N) is 3. The van der Waals surface area contributed by atoms with Gasteiger partial charge < -0.3 is 14.8 Å². The van der Waals surface area contributed by atoms with E-state index in [1.165, 1.54) is 6.20 Å². The van der Waals surface area contributed by atoms with Crippen molar-refractivity contribution in [2.75, 3.05) is 0 Å². The Morgan fingerprint density at radius 1 is 1.55 bits per heavy atom. The average molecular weight is 303 g/mol. The number of aryl methyl sites for hydroxylation is 1. The van der Waals surface area contributed by atoms with Crippen LogP contribution in [0, 0.1) is 0 Å². The fraction of sp³-hybridized carbons (Fsp3) is 0.500. The number of aromatic amines is 1. The number of carbonyl (C=O) groups is 1. The molecule has 8 heteroatoms. The molecule has 1 saturated carbocycles. The van der Waals surface area contributed by atoms with E-state index in [4.69, 9.17) is 4.52 Å². The van der Waals surface area contributed by atoms with Gasteiger partial charge in [-0.2, -0.15) is 4.98 Å². The molecule has 1 aliphatic carbocycles. The zero-order chi connectivity index (χ0) is 15.7. The number of amides is 1. The van der Waals surface area contributed by atoms with Crippen molar-refractivity contribution < 1.29 is 9.32 Å². The minimum Gasteiger partial charge on any atom is -0.340 e. The van der Waals surface area contributed by atoms with Crippen LogP contribution in [-0.2, 0) is 6.42 Å². The summed E-state index contributed by atoms with van der Waals surface area (Å²) in [4.78, 5) is 35.1. The van der Waals surface area contributed by atoms with E-state index in [0.29, 0.717) is 29.9 Å². The van der Waals surface area contributed by atoms with Gasteiger partial charge in [0.1, 0.15) is 17.4 Å². The summed E-state index contributed by atoms with van der Waals surface area (Å²) in [6.45, 7) is 3.62. The number of nitrogens with one attached hydrogen (secondary N) is 2. The molecular weight excluding hydrogens is 286 g/mol. The first-order chi connectivity index (χ1) is 10.6. The fourth-order valence-corrected chi connectivity index (χ4v) is 2.06. The summed E-state index contributed by atoms with van der Waals surface area (Å²) in [5.41, 5.74) is -0.451. The van der Waals surface area contributed by atoms with Crippen LogP contribution in [0.1, 0.15) is 66.5 Å². The highest BCUT2D eigenvalue weighted by atomic mass is 16.5. The summed E-state index contributed by atoms with van der Waals surface area (Å²) >= 11 is 0. The average Bonchev–Trinajstić information content (AvgIpc) is 3.24.